The molecule has 0 unspecified atom stereocenters. The summed E-state index contributed by atoms with van der Waals surface area (Å²) in [6, 6.07) is 0.285. The first-order valence-electron chi connectivity index (χ1n) is 3.97. The van der Waals surface area contributed by atoms with Gasteiger partial charge >= 0.3 is 0 Å². The normalized spacial score (nSPS) is 34.8. The van der Waals surface area contributed by atoms with Crippen LogP contribution in [-0.2, 0) is 0 Å². The maximum absolute atomic E-state index is 9.63. The van der Waals surface area contributed by atoms with Crippen molar-refractivity contribution in [3.63, 3.8) is 0 Å². The van der Waals surface area contributed by atoms with Gasteiger partial charge in [0.15, 0.2) is 0 Å². The molecule has 60 valence electrons. The SMILES string of the molecule is C[C@@H]1CCN[C@H]1C(C)(C)O. The molecule has 0 saturated carbocycles. The van der Waals surface area contributed by atoms with Crippen molar-refractivity contribution >= 4 is 0 Å². The Bertz CT molecular complexity index is 117. The van der Waals surface area contributed by atoms with Crippen molar-refractivity contribution < 1.29 is 5.11 Å². The van der Waals surface area contributed by atoms with Crippen molar-refractivity contribution in [1.82, 2.24) is 5.32 Å². The first kappa shape index (κ1) is 8.02. The van der Waals surface area contributed by atoms with Crippen LogP contribution >= 0.6 is 0 Å². The Morgan fingerprint density at radius 2 is 2.10 bits per heavy atom. The molecule has 1 rings (SSSR count). The molecule has 2 nitrogen and oxygen atoms in total. The first-order valence-corrected chi connectivity index (χ1v) is 3.97. The molecule has 0 aromatic carbocycles. The van der Waals surface area contributed by atoms with Gasteiger partial charge in [0.25, 0.3) is 0 Å². The standard InChI is InChI=1S/C8H17NO/c1-6-4-5-9-7(6)8(2,3)10/h6-7,9-10H,4-5H2,1-3H3/t6-,7-/m1/s1. The van der Waals surface area contributed by atoms with Crippen LogP contribution in [0, 0.1) is 5.92 Å². The van der Waals surface area contributed by atoms with Crippen LogP contribution < -0.4 is 5.32 Å². The largest absolute Gasteiger partial charge is 0.389 e. The number of hydrogen-bond donors (Lipinski definition) is 2. The third-order valence-corrected chi connectivity index (χ3v) is 2.29. The van der Waals surface area contributed by atoms with Crippen molar-refractivity contribution in [2.45, 2.75) is 38.8 Å². The Balaban J connectivity index is 2.55. The summed E-state index contributed by atoms with van der Waals surface area (Å²) < 4.78 is 0. The van der Waals surface area contributed by atoms with E-state index in [0.717, 1.165) is 6.54 Å². The third-order valence-electron chi connectivity index (χ3n) is 2.29. The first-order chi connectivity index (χ1) is 4.52. The predicted molar refractivity (Wildman–Crippen MR) is 41.9 cm³/mol. The van der Waals surface area contributed by atoms with Crippen LogP contribution in [0.1, 0.15) is 27.2 Å². The molecule has 2 N–H and O–H groups in total. The number of hydrogen-bond acceptors (Lipinski definition) is 2. The Labute approximate surface area is 62.6 Å². The van der Waals surface area contributed by atoms with Crippen molar-refractivity contribution in [1.29, 1.82) is 0 Å². The molecule has 0 spiro atoms. The molecule has 0 bridgehead atoms. The third kappa shape index (κ3) is 1.50. The van der Waals surface area contributed by atoms with E-state index in [0.29, 0.717) is 5.92 Å². The number of aliphatic hydroxyl groups is 1. The maximum atomic E-state index is 9.63. The fraction of sp³-hybridized carbons (Fsp3) is 1.00. The second-order valence-corrected chi connectivity index (χ2v) is 3.85. The lowest BCUT2D eigenvalue weighted by Crippen LogP contribution is -2.45. The van der Waals surface area contributed by atoms with Gasteiger partial charge in [-0.2, -0.15) is 0 Å². The van der Waals surface area contributed by atoms with Crippen LogP contribution in [0.5, 0.6) is 0 Å². The van der Waals surface area contributed by atoms with Crippen LogP contribution in [0.4, 0.5) is 0 Å². The van der Waals surface area contributed by atoms with E-state index in [1.165, 1.54) is 6.42 Å². The lowest BCUT2D eigenvalue weighted by Gasteiger charge is -2.28. The van der Waals surface area contributed by atoms with Gasteiger partial charge in [-0.05, 0) is 32.7 Å². The summed E-state index contributed by atoms with van der Waals surface area (Å²) in [4.78, 5) is 0. The molecule has 0 aromatic heterocycles. The fourth-order valence-corrected chi connectivity index (χ4v) is 1.78. The predicted octanol–water partition coefficient (Wildman–Crippen LogP) is 0.755. The van der Waals surface area contributed by atoms with Gasteiger partial charge in [0.1, 0.15) is 0 Å². The minimum atomic E-state index is -0.560. The highest BCUT2D eigenvalue weighted by molar-refractivity contribution is 4.92. The number of rotatable bonds is 1. The average Bonchev–Trinajstić information content (AvgIpc) is 2.11. The zero-order valence-electron chi connectivity index (χ0n) is 7.02. The zero-order valence-corrected chi connectivity index (χ0v) is 7.02. The quantitative estimate of drug-likeness (QED) is 0.568. The summed E-state index contributed by atoms with van der Waals surface area (Å²) in [5.41, 5.74) is -0.560. The fourth-order valence-electron chi connectivity index (χ4n) is 1.78. The summed E-state index contributed by atoms with van der Waals surface area (Å²) in [7, 11) is 0. The minimum absolute atomic E-state index is 0.285. The summed E-state index contributed by atoms with van der Waals surface area (Å²) in [5.74, 6) is 0.611. The second kappa shape index (κ2) is 2.51. The van der Waals surface area contributed by atoms with E-state index < -0.39 is 5.60 Å². The second-order valence-electron chi connectivity index (χ2n) is 3.85. The highest BCUT2D eigenvalue weighted by atomic mass is 16.3. The topological polar surface area (TPSA) is 32.3 Å². The smallest absolute Gasteiger partial charge is 0.0746 e. The van der Waals surface area contributed by atoms with Gasteiger partial charge in [0.2, 0.25) is 0 Å². The molecule has 1 aliphatic rings. The Hall–Kier alpha value is -0.0800. The van der Waals surface area contributed by atoms with E-state index in [1.807, 2.05) is 13.8 Å². The van der Waals surface area contributed by atoms with Crippen LogP contribution in [0.2, 0.25) is 0 Å². The van der Waals surface area contributed by atoms with Gasteiger partial charge in [-0.15, -0.1) is 0 Å². The molecule has 2 heteroatoms. The molecule has 0 aliphatic carbocycles. The highest BCUT2D eigenvalue weighted by Gasteiger charge is 2.34. The molecule has 0 amide bonds. The van der Waals surface area contributed by atoms with Crippen molar-refractivity contribution in [2.75, 3.05) is 6.54 Å². The summed E-state index contributed by atoms with van der Waals surface area (Å²) in [5, 5.41) is 12.9. The van der Waals surface area contributed by atoms with Gasteiger partial charge in [0, 0.05) is 6.04 Å². The molecular formula is C8H17NO. The zero-order chi connectivity index (χ0) is 7.78. The molecule has 2 atom stereocenters. The van der Waals surface area contributed by atoms with Gasteiger partial charge in [-0.1, -0.05) is 6.92 Å². The van der Waals surface area contributed by atoms with Crippen molar-refractivity contribution in [3.05, 3.63) is 0 Å². The minimum Gasteiger partial charge on any atom is -0.389 e. The summed E-state index contributed by atoms with van der Waals surface area (Å²) in [6.07, 6.45) is 1.19. The lowest BCUT2D eigenvalue weighted by molar-refractivity contribution is 0.0313. The van der Waals surface area contributed by atoms with Crippen LogP contribution in [-0.4, -0.2) is 23.3 Å². The van der Waals surface area contributed by atoms with Gasteiger partial charge < -0.3 is 10.4 Å². The van der Waals surface area contributed by atoms with Crippen LogP contribution in [0.3, 0.4) is 0 Å². The van der Waals surface area contributed by atoms with E-state index in [2.05, 4.69) is 12.2 Å². The molecule has 10 heavy (non-hydrogen) atoms. The van der Waals surface area contributed by atoms with E-state index >= 15 is 0 Å². The van der Waals surface area contributed by atoms with Gasteiger partial charge in [-0.3, -0.25) is 0 Å². The Kier molecular flexibility index (Phi) is 2.02. The maximum Gasteiger partial charge on any atom is 0.0746 e. The summed E-state index contributed by atoms with van der Waals surface area (Å²) >= 11 is 0. The average molecular weight is 143 g/mol. The monoisotopic (exact) mass is 143 g/mol. The summed E-state index contributed by atoms with van der Waals surface area (Å²) in [6.45, 7) is 6.97. The Morgan fingerprint density at radius 3 is 2.30 bits per heavy atom. The molecule has 1 fully saturated rings. The van der Waals surface area contributed by atoms with Gasteiger partial charge in [0.05, 0.1) is 5.60 Å². The molecule has 1 heterocycles. The molecule has 0 aromatic rings. The van der Waals surface area contributed by atoms with Crippen LogP contribution in [0.15, 0.2) is 0 Å². The Morgan fingerprint density at radius 1 is 1.50 bits per heavy atom. The molecule has 1 saturated heterocycles. The van der Waals surface area contributed by atoms with Gasteiger partial charge in [-0.25, -0.2) is 0 Å². The lowest BCUT2D eigenvalue weighted by atomic mass is 9.90. The van der Waals surface area contributed by atoms with Crippen molar-refractivity contribution in [3.8, 4) is 0 Å². The van der Waals surface area contributed by atoms with E-state index in [-0.39, 0.29) is 6.04 Å². The highest BCUT2D eigenvalue weighted by Crippen LogP contribution is 2.23. The molecule has 0 radical (unpaired) electrons. The van der Waals surface area contributed by atoms with E-state index in [4.69, 9.17) is 0 Å². The van der Waals surface area contributed by atoms with Crippen molar-refractivity contribution in [2.24, 2.45) is 5.92 Å². The van der Waals surface area contributed by atoms with Crippen LogP contribution in [0.25, 0.3) is 0 Å². The number of nitrogens with one attached hydrogen (secondary N) is 1. The van der Waals surface area contributed by atoms with E-state index in [9.17, 15) is 5.11 Å². The van der Waals surface area contributed by atoms with E-state index in [1.54, 1.807) is 0 Å². The molecular weight excluding hydrogens is 126 g/mol. The molecule has 1 aliphatic heterocycles.